The van der Waals surface area contributed by atoms with Crippen LogP contribution in [0.1, 0.15) is 15.2 Å². The van der Waals surface area contributed by atoms with Gasteiger partial charge in [-0.15, -0.1) is 11.3 Å². The standard InChI is InChI=1S/C19H15BrClN3O3S2/c1-10-8-11(20)6-7-13(10)27-9-15(25)23-24-19(28)22-18(26)17-16(21)12-4-2-3-5-14(12)29-17/h2-8H,9H2,1H3,(H,23,25)(H2,22,24,26,28). The molecule has 0 fully saturated rings. The van der Waals surface area contributed by atoms with E-state index in [2.05, 4.69) is 32.1 Å². The zero-order valence-corrected chi connectivity index (χ0v) is 19.0. The molecule has 3 aromatic rings. The lowest BCUT2D eigenvalue weighted by Gasteiger charge is -2.12. The van der Waals surface area contributed by atoms with Crippen LogP contribution in [0.15, 0.2) is 46.9 Å². The number of hydrogen-bond acceptors (Lipinski definition) is 5. The average Bonchev–Trinajstić information content (AvgIpc) is 3.03. The van der Waals surface area contributed by atoms with Gasteiger partial charge >= 0.3 is 0 Å². The number of carbonyl (C=O) groups is 2. The van der Waals surface area contributed by atoms with Gasteiger partial charge in [0.2, 0.25) is 0 Å². The Morgan fingerprint density at radius 2 is 1.97 bits per heavy atom. The van der Waals surface area contributed by atoms with Crippen molar-refractivity contribution in [2.24, 2.45) is 0 Å². The van der Waals surface area contributed by atoms with Gasteiger partial charge in [0, 0.05) is 14.6 Å². The van der Waals surface area contributed by atoms with Crippen molar-refractivity contribution in [3.63, 3.8) is 0 Å². The van der Waals surface area contributed by atoms with Crippen LogP contribution >= 0.6 is 51.1 Å². The van der Waals surface area contributed by atoms with E-state index in [1.54, 1.807) is 6.07 Å². The number of benzene rings is 2. The third-order valence-corrected chi connectivity index (χ3v) is 6.15. The molecule has 0 bridgehead atoms. The Kier molecular flexibility index (Phi) is 7.07. The highest BCUT2D eigenvalue weighted by atomic mass is 79.9. The molecule has 6 nitrogen and oxygen atoms in total. The number of thiocarbonyl (C=S) groups is 1. The highest BCUT2D eigenvalue weighted by Gasteiger charge is 2.18. The van der Waals surface area contributed by atoms with E-state index in [9.17, 15) is 9.59 Å². The first-order valence-corrected chi connectivity index (χ1v) is 10.7. The van der Waals surface area contributed by atoms with Crippen molar-refractivity contribution in [1.82, 2.24) is 16.2 Å². The minimum absolute atomic E-state index is 0.0586. The van der Waals surface area contributed by atoms with Gasteiger partial charge in [-0.3, -0.25) is 25.8 Å². The van der Waals surface area contributed by atoms with Crippen LogP contribution in [-0.4, -0.2) is 23.5 Å². The number of ether oxygens (including phenoxy) is 1. The maximum atomic E-state index is 12.4. The molecule has 0 aliphatic rings. The summed E-state index contributed by atoms with van der Waals surface area (Å²) in [6.45, 7) is 1.66. The Morgan fingerprint density at radius 3 is 2.69 bits per heavy atom. The molecule has 0 unspecified atom stereocenters. The van der Waals surface area contributed by atoms with Crippen LogP contribution in [0.4, 0.5) is 0 Å². The lowest BCUT2D eigenvalue weighted by atomic mass is 10.2. The third kappa shape index (κ3) is 5.45. The molecule has 3 N–H and O–H groups in total. The first-order chi connectivity index (χ1) is 13.8. The van der Waals surface area contributed by atoms with Crippen LogP contribution in [-0.2, 0) is 4.79 Å². The molecule has 0 aliphatic carbocycles. The summed E-state index contributed by atoms with van der Waals surface area (Å²) >= 11 is 16.0. The molecule has 29 heavy (non-hydrogen) atoms. The molecule has 150 valence electrons. The predicted octanol–water partition coefficient (Wildman–Crippen LogP) is 4.34. The fourth-order valence-electron chi connectivity index (χ4n) is 2.43. The van der Waals surface area contributed by atoms with E-state index in [-0.39, 0.29) is 11.7 Å². The van der Waals surface area contributed by atoms with Crippen LogP contribution in [0.3, 0.4) is 0 Å². The second-order valence-corrected chi connectivity index (χ2v) is 8.65. The molecule has 0 saturated heterocycles. The molecular formula is C19H15BrClN3O3S2. The third-order valence-electron chi connectivity index (χ3n) is 3.78. The Labute approximate surface area is 189 Å². The van der Waals surface area contributed by atoms with Crippen molar-refractivity contribution in [3.05, 3.63) is 62.4 Å². The monoisotopic (exact) mass is 511 g/mol. The van der Waals surface area contributed by atoms with Gasteiger partial charge in [-0.25, -0.2) is 0 Å². The molecule has 0 saturated carbocycles. The molecule has 2 amide bonds. The number of thiophene rings is 1. The molecule has 0 radical (unpaired) electrons. The number of rotatable bonds is 4. The number of fused-ring (bicyclic) bond motifs is 1. The summed E-state index contributed by atoms with van der Waals surface area (Å²) in [5, 5.41) is 3.60. The number of amides is 2. The van der Waals surface area contributed by atoms with Crippen molar-refractivity contribution >= 4 is 78.1 Å². The summed E-state index contributed by atoms with van der Waals surface area (Å²) in [5.41, 5.74) is 5.73. The quantitative estimate of drug-likeness (QED) is 0.358. The van der Waals surface area contributed by atoms with Gasteiger partial charge in [0.05, 0.1) is 5.02 Å². The number of carbonyl (C=O) groups excluding carboxylic acids is 2. The summed E-state index contributed by atoms with van der Waals surface area (Å²) in [4.78, 5) is 24.7. The minimum Gasteiger partial charge on any atom is -0.483 e. The first kappa shape index (κ1) is 21.5. The second kappa shape index (κ2) is 9.53. The molecule has 1 aromatic heterocycles. The second-order valence-electron chi connectivity index (χ2n) is 5.90. The number of halogens is 2. The Bertz CT molecular complexity index is 1100. The van der Waals surface area contributed by atoms with E-state index in [0.29, 0.717) is 15.6 Å². The molecule has 3 rings (SSSR count). The molecule has 0 atom stereocenters. The highest BCUT2D eigenvalue weighted by molar-refractivity contribution is 9.10. The van der Waals surface area contributed by atoms with E-state index in [0.717, 1.165) is 20.1 Å². The van der Waals surface area contributed by atoms with Gasteiger partial charge in [-0.2, -0.15) is 0 Å². The maximum absolute atomic E-state index is 12.4. The summed E-state index contributed by atoms with van der Waals surface area (Å²) in [7, 11) is 0. The largest absolute Gasteiger partial charge is 0.483 e. The first-order valence-electron chi connectivity index (χ1n) is 8.31. The lowest BCUT2D eigenvalue weighted by molar-refractivity contribution is -0.123. The van der Waals surface area contributed by atoms with Gasteiger partial charge < -0.3 is 4.74 Å². The zero-order valence-electron chi connectivity index (χ0n) is 15.0. The Balaban J connectivity index is 1.49. The Hall–Kier alpha value is -2.20. The van der Waals surface area contributed by atoms with Crippen LogP contribution in [0.25, 0.3) is 10.1 Å². The maximum Gasteiger partial charge on any atom is 0.276 e. The van der Waals surface area contributed by atoms with Gasteiger partial charge in [-0.1, -0.05) is 45.7 Å². The van der Waals surface area contributed by atoms with Gasteiger partial charge in [0.15, 0.2) is 11.7 Å². The summed E-state index contributed by atoms with van der Waals surface area (Å²) < 4.78 is 7.29. The molecule has 0 aliphatic heterocycles. The van der Waals surface area contributed by atoms with Crippen molar-refractivity contribution in [2.75, 3.05) is 6.61 Å². The zero-order chi connectivity index (χ0) is 21.0. The fourth-order valence-corrected chi connectivity index (χ4v) is 4.46. The van der Waals surface area contributed by atoms with Crippen molar-refractivity contribution in [1.29, 1.82) is 0 Å². The topological polar surface area (TPSA) is 79.5 Å². The molecular weight excluding hydrogens is 498 g/mol. The van der Waals surface area contributed by atoms with Crippen molar-refractivity contribution < 1.29 is 14.3 Å². The highest BCUT2D eigenvalue weighted by Crippen LogP contribution is 2.34. The van der Waals surface area contributed by atoms with Crippen LogP contribution in [0, 0.1) is 6.92 Å². The lowest BCUT2D eigenvalue weighted by Crippen LogP contribution is -2.49. The van der Waals surface area contributed by atoms with E-state index in [4.69, 9.17) is 28.6 Å². The number of hydrazine groups is 1. The molecule has 0 spiro atoms. The van der Waals surface area contributed by atoms with E-state index >= 15 is 0 Å². The van der Waals surface area contributed by atoms with Crippen LogP contribution < -0.4 is 20.9 Å². The summed E-state index contributed by atoms with van der Waals surface area (Å²) in [5.74, 6) is -0.313. The number of aryl methyl sites for hydroxylation is 1. The van der Waals surface area contributed by atoms with E-state index in [1.807, 2.05) is 43.3 Å². The van der Waals surface area contributed by atoms with Crippen molar-refractivity contribution in [3.8, 4) is 5.75 Å². The molecule has 10 heteroatoms. The summed E-state index contributed by atoms with van der Waals surface area (Å²) in [6.07, 6.45) is 0. The molecule has 1 heterocycles. The Morgan fingerprint density at radius 1 is 1.21 bits per heavy atom. The molecule has 2 aromatic carbocycles. The number of hydrogen-bond donors (Lipinski definition) is 3. The van der Waals surface area contributed by atoms with Crippen LogP contribution in [0.2, 0.25) is 5.02 Å². The fraction of sp³-hybridized carbons (Fsp3) is 0.105. The van der Waals surface area contributed by atoms with Gasteiger partial charge in [0.25, 0.3) is 11.8 Å². The normalized spacial score (nSPS) is 10.4. The van der Waals surface area contributed by atoms with Crippen LogP contribution in [0.5, 0.6) is 5.75 Å². The number of nitrogens with one attached hydrogen (secondary N) is 3. The van der Waals surface area contributed by atoms with Crippen molar-refractivity contribution in [2.45, 2.75) is 6.92 Å². The van der Waals surface area contributed by atoms with Gasteiger partial charge in [-0.05, 0) is 49.0 Å². The van der Waals surface area contributed by atoms with Gasteiger partial charge in [0.1, 0.15) is 10.6 Å². The SMILES string of the molecule is Cc1cc(Br)ccc1OCC(=O)NNC(=S)NC(=O)c1sc2ccccc2c1Cl. The smallest absolute Gasteiger partial charge is 0.276 e. The van der Waals surface area contributed by atoms with E-state index < -0.39 is 11.8 Å². The minimum atomic E-state index is -0.455. The van der Waals surface area contributed by atoms with E-state index in [1.165, 1.54) is 11.3 Å². The average molecular weight is 513 g/mol. The summed E-state index contributed by atoms with van der Waals surface area (Å²) in [6, 6.07) is 12.9. The predicted molar refractivity (Wildman–Crippen MR) is 123 cm³/mol.